The first-order valence-electron chi connectivity index (χ1n) is 10.4. The summed E-state index contributed by atoms with van der Waals surface area (Å²) in [4.78, 5) is 37.3. The molecular weight excluding hydrogens is 376 g/mol. The quantitative estimate of drug-likeness (QED) is 0.634. The lowest BCUT2D eigenvalue weighted by Gasteiger charge is -2.24. The van der Waals surface area contributed by atoms with E-state index in [1.165, 1.54) is 22.6 Å². The van der Waals surface area contributed by atoms with E-state index in [1.807, 2.05) is 0 Å². The SMILES string of the molecule is CC1CCc2c(sc(NC(=O)CCCC(=O)O)c2C(=O)NC2CCCCC2)C1. The van der Waals surface area contributed by atoms with Crippen molar-refractivity contribution in [1.29, 1.82) is 0 Å². The van der Waals surface area contributed by atoms with Crippen molar-refractivity contribution < 1.29 is 19.5 Å². The van der Waals surface area contributed by atoms with Crippen molar-refractivity contribution in [2.75, 3.05) is 5.32 Å². The number of aliphatic carboxylic acids is 1. The molecule has 1 aromatic heterocycles. The van der Waals surface area contributed by atoms with Crippen LogP contribution in [0.3, 0.4) is 0 Å². The van der Waals surface area contributed by atoms with Crippen molar-refractivity contribution in [1.82, 2.24) is 5.32 Å². The van der Waals surface area contributed by atoms with E-state index in [-0.39, 0.29) is 30.7 Å². The van der Waals surface area contributed by atoms with Crippen LogP contribution in [0.2, 0.25) is 0 Å². The van der Waals surface area contributed by atoms with E-state index in [1.54, 1.807) is 0 Å². The average Bonchev–Trinajstić information content (AvgIpc) is 2.98. The van der Waals surface area contributed by atoms with Crippen LogP contribution in [-0.2, 0) is 22.4 Å². The van der Waals surface area contributed by atoms with Crippen LogP contribution in [0.15, 0.2) is 0 Å². The topological polar surface area (TPSA) is 95.5 Å². The molecule has 2 amide bonds. The molecule has 0 radical (unpaired) electrons. The molecule has 0 saturated heterocycles. The van der Waals surface area contributed by atoms with Crippen LogP contribution in [-0.4, -0.2) is 28.9 Å². The van der Waals surface area contributed by atoms with Crippen molar-refractivity contribution in [3.05, 3.63) is 16.0 Å². The first-order chi connectivity index (χ1) is 13.4. The molecular formula is C21H30N2O4S. The number of carbonyl (C=O) groups is 3. The molecule has 6 nitrogen and oxygen atoms in total. The normalized spacial score (nSPS) is 19.7. The number of hydrogen-bond acceptors (Lipinski definition) is 4. The van der Waals surface area contributed by atoms with Gasteiger partial charge in [0.1, 0.15) is 5.00 Å². The van der Waals surface area contributed by atoms with Gasteiger partial charge in [0.05, 0.1) is 5.56 Å². The highest BCUT2D eigenvalue weighted by Crippen LogP contribution is 2.40. The van der Waals surface area contributed by atoms with Crippen LogP contribution < -0.4 is 10.6 Å². The molecule has 0 bridgehead atoms. The van der Waals surface area contributed by atoms with Crippen molar-refractivity contribution in [2.24, 2.45) is 5.92 Å². The molecule has 0 spiro atoms. The summed E-state index contributed by atoms with van der Waals surface area (Å²) in [5.41, 5.74) is 1.74. The van der Waals surface area contributed by atoms with Gasteiger partial charge in [-0.1, -0.05) is 26.2 Å². The zero-order valence-electron chi connectivity index (χ0n) is 16.5. The maximum atomic E-state index is 13.1. The summed E-state index contributed by atoms with van der Waals surface area (Å²) in [6.07, 6.45) is 8.86. The third-order valence-electron chi connectivity index (χ3n) is 5.73. The first kappa shape index (κ1) is 20.8. The Bertz CT molecular complexity index is 737. The zero-order valence-corrected chi connectivity index (χ0v) is 17.3. The second kappa shape index (κ2) is 9.54. The van der Waals surface area contributed by atoms with Gasteiger partial charge in [-0.2, -0.15) is 0 Å². The summed E-state index contributed by atoms with van der Waals surface area (Å²) in [6, 6.07) is 0.221. The number of hydrogen-bond donors (Lipinski definition) is 3. The van der Waals surface area contributed by atoms with Gasteiger partial charge in [0.2, 0.25) is 5.91 Å². The summed E-state index contributed by atoms with van der Waals surface area (Å²) >= 11 is 1.52. The predicted molar refractivity (Wildman–Crippen MR) is 110 cm³/mol. The van der Waals surface area contributed by atoms with Crippen molar-refractivity contribution in [3.63, 3.8) is 0 Å². The van der Waals surface area contributed by atoms with Gasteiger partial charge in [-0.25, -0.2) is 0 Å². The standard InChI is InChI=1S/C21H30N2O4S/c1-13-10-11-15-16(12-13)28-21(23-17(24)8-5-9-18(25)26)19(15)20(27)22-14-6-3-2-4-7-14/h13-14H,2-12H2,1H3,(H,22,27)(H,23,24)(H,25,26). The van der Waals surface area contributed by atoms with E-state index in [2.05, 4.69) is 17.6 Å². The van der Waals surface area contributed by atoms with Crippen molar-refractivity contribution in [3.8, 4) is 0 Å². The second-order valence-corrected chi connectivity index (χ2v) is 9.26. The van der Waals surface area contributed by atoms with Crippen LogP contribution in [0.1, 0.15) is 85.5 Å². The van der Waals surface area contributed by atoms with Crippen LogP contribution in [0.25, 0.3) is 0 Å². The maximum Gasteiger partial charge on any atom is 0.303 e. The van der Waals surface area contributed by atoms with Crippen molar-refractivity contribution >= 4 is 34.1 Å². The lowest BCUT2D eigenvalue weighted by molar-refractivity contribution is -0.137. The number of carbonyl (C=O) groups excluding carboxylic acids is 2. The lowest BCUT2D eigenvalue weighted by Crippen LogP contribution is -2.37. The molecule has 3 N–H and O–H groups in total. The van der Waals surface area contributed by atoms with E-state index < -0.39 is 5.97 Å². The number of carboxylic acid groups (broad SMARTS) is 1. The Labute approximate surface area is 170 Å². The lowest BCUT2D eigenvalue weighted by atomic mass is 9.88. The molecule has 1 unspecified atom stereocenters. The Balaban J connectivity index is 1.75. The molecule has 1 heterocycles. The number of anilines is 1. The highest BCUT2D eigenvalue weighted by Gasteiger charge is 2.29. The molecule has 0 aliphatic heterocycles. The first-order valence-corrected chi connectivity index (χ1v) is 11.2. The van der Waals surface area contributed by atoms with Crippen LogP contribution in [0.5, 0.6) is 0 Å². The summed E-state index contributed by atoms with van der Waals surface area (Å²) in [5, 5.41) is 15.5. The smallest absolute Gasteiger partial charge is 0.303 e. The molecule has 154 valence electrons. The van der Waals surface area contributed by atoms with Gasteiger partial charge >= 0.3 is 5.97 Å². The molecule has 0 aromatic carbocycles. The van der Waals surface area contributed by atoms with E-state index in [9.17, 15) is 14.4 Å². The van der Waals surface area contributed by atoms with Gasteiger partial charge in [0.25, 0.3) is 5.91 Å². The highest BCUT2D eigenvalue weighted by molar-refractivity contribution is 7.17. The fourth-order valence-corrected chi connectivity index (χ4v) is 5.60. The summed E-state index contributed by atoms with van der Waals surface area (Å²) < 4.78 is 0. The van der Waals surface area contributed by atoms with Crippen LogP contribution >= 0.6 is 11.3 Å². The number of fused-ring (bicyclic) bond motifs is 1. The minimum atomic E-state index is -0.902. The van der Waals surface area contributed by atoms with Gasteiger partial charge in [-0.05, 0) is 50.0 Å². The molecule has 28 heavy (non-hydrogen) atoms. The van der Waals surface area contributed by atoms with E-state index in [0.29, 0.717) is 22.9 Å². The Morgan fingerprint density at radius 2 is 1.86 bits per heavy atom. The Hall–Kier alpha value is -1.89. The van der Waals surface area contributed by atoms with E-state index >= 15 is 0 Å². The number of rotatable bonds is 7. The number of nitrogens with one attached hydrogen (secondary N) is 2. The summed E-state index contributed by atoms with van der Waals surface area (Å²) in [6.45, 7) is 2.22. The van der Waals surface area contributed by atoms with Crippen LogP contribution in [0.4, 0.5) is 5.00 Å². The molecule has 7 heteroatoms. The molecule has 2 aliphatic carbocycles. The van der Waals surface area contributed by atoms with Gasteiger partial charge in [-0.3, -0.25) is 14.4 Å². The minimum Gasteiger partial charge on any atom is -0.481 e. The van der Waals surface area contributed by atoms with E-state index in [0.717, 1.165) is 50.5 Å². The monoisotopic (exact) mass is 406 g/mol. The number of amides is 2. The summed E-state index contributed by atoms with van der Waals surface area (Å²) in [7, 11) is 0. The third-order valence-corrected chi connectivity index (χ3v) is 6.90. The fourth-order valence-electron chi connectivity index (χ4n) is 4.17. The highest BCUT2D eigenvalue weighted by atomic mass is 32.1. The number of carboxylic acids is 1. The minimum absolute atomic E-state index is 0.0269. The molecule has 3 rings (SSSR count). The number of thiophene rings is 1. The average molecular weight is 407 g/mol. The second-order valence-electron chi connectivity index (χ2n) is 8.16. The molecule has 2 aliphatic rings. The predicted octanol–water partition coefficient (Wildman–Crippen LogP) is 4.13. The van der Waals surface area contributed by atoms with Crippen LogP contribution in [0, 0.1) is 5.92 Å². The molecule has 1 atom stereocenters. The Morgan fingerprint density at radius 1 is 1.11 bits per heavy atom. The Kier molecular flexibility index (Phi) is 7.10. The summed E-state index contributed by atoms with van der Waals surface area (Å²) in [5.74, 6) is -0.611. The Morgan fingerprint density at radius 3 is 2.57 bits per heavy atom. The van der Waals surface area contributed by atoms with Gasteiger partial charge in [0, 0.05) is 23.8 Å². The molecule has 1 saturated carbocycles. The van der Waals surface area contributed by atoms with Crippen molar-refractivity contribution in [2.45, 2.75) is 83.6 Å². The molecule has 1 fully saturated rings. The van der Waals surface area contributed by atoms with Gasteiger partial charge < -0.3 is 15.7 Å². The van der Waals surface area contributed by atoms with Gasteiger partial charge in [0.15, 0.2) is 0 Å². The van der Waals surface area contributed by atoms with E-state index in [4.69, 9.17) is 5.11 Å². The fraction of sp³-hybridized carbons (Fsp3) is 0.667. The largest absolute Gasteiger partial charge is 0.481 e. The third kappa shape index (κ3) is 5.34. The maximum absolute atomic E-state index is 13.1. The molecule has 1 aromatic rings. The van der Waals surface area contributed by atoms with Gasteiger partial charge in [-0.15, -0.1) is 11.3 Å². The zero-order chi connectivity index (χ0) is 20.1.